The zero-order valence-corrected chi connectivity index (χ0v) is 13.6. The molecule has 1 aromatic carbocycles. The number of aliphatic imine (C=N–C) groups is 1. The van der Waals surface area contributed by atoms with Gasteiger partial charge in [-0.05, 0) is 29.8 Å². The topological polar surface area (TPSA) is 101 Å². The fourth-order valence-electron chi connectivity index (χ4n) is 2.24. The number of nitrogen functional groups attached to an aromatic ring is 1. The summed E-state index contributed by atoms with van der Waals surface area (Å²) in [4.78, 5) is 16.2. The van der Waals surface area contributed by atoms with Crippen LogP contribution in [0.4, 0.5) is 24.9 Å². The Hall–Kier alpha value is -3.80. The smallest absolute Gasteiger partial charge is 0.368 e. The fourth-order valence-corrected chi connectivity index (χ4v) is 2.24. The van der Waals surface area contributed by atoms with Crippen molar-refractivity contribution in [3.63, 3.8) is 0 Å². The molecule has 0 spiro atoms. The molecule has 6 nitrogen and oxygen atoms in total. The van der Waals surface area contributed by atoms with Gasteiger partial charge >= 0.3 is 6.18 Å². The highest BCUT2D eigenvalue weighted by Crippen LogP contribution is 2.29. The average molecular weight is 368 g/mol. The minimum absolute atomic E-state index is 0.00514. The Morgan fingerprint density at radius 2 is 1.81 bits per heavy atom. The maximum Gasteiger partial charge on any atom is 0.416 e. The third kappa shape index (κ3) is 4.07. The fraction of sp³-hybridized carbons (Fsp3) is 0.0556. The largest absolute Gasteiger partial charge is 0.416 e. The van der Waals surface area contributed by atoms with Crippen LogP contribution in [0.3, 0.4) is 0 Å². The first-order chi connectivity index (χ1) is 12.9. The van der Waals surface area contributed by atoms with E-state index in [0.29, 0.717) is 11.3 Å². The summed E-state index contributed by atoms with van der Waals surface area (Å²) in [6.45, 7) is 0. The zero-order chi connectivity index (χ0) is 19.4. The molecule has 0 unspecified atom stereocenters. The van der Waals surface area contributed by atoms with Crippen LogP contribution in [-0.2, 0) is 6.18 Å². The van der Waals surface area contributed by atoms with Crippen LogP contribution in [0.25, 0.3) is 11.4 Å². The Balaban J connectivity index is 1.99. The quantitative estimate of drug-likeness (QED) is 0.709. The molecule has 0 fully saturated rings. The van der Waals surface area contributed by atoms with Crippen molar-refractivity contribution < 1.29 is 13.2 Å². The number of rotatable bonds is 3. The van der Waals surface area contributed by atoms with Crippen LogP contribution in [-0.4, -0.2) is 21.2 Å². The lowest BCUT2D eigenvalue weighted by atomic mass is 10.1. The second kappa shape index (κ2) is 7.21. The molecule has 2 N–H and O–H groups in total. The van der Waals surface area contributed by atoms with Crippen LogP contribution in [0.1, 0.15) is 16.7 Å². The van der Waals surface area contributed by atoms with Crippen molar-refractivity contribution in [2.75, 3.05) is 5.73 Å². The van der Waals surface area contributed by atoms with Crippen LogP contribution in [0.2, 0.25) is 0 Å². The number of nitrogens with two attached hydrogens (primary N) is 1. The van der Waals surface area contributed by atoms with E-state index in [1.165, 1.54) is 18.3 Å². The normalized spacial score (nSPS) is 11.5. The molecule has 0 aliphatic carbocycles. The van der Waals surface area contributed by atoms with E-state index in [2.05, 4.69) is 19.9 Å². The molecule has 0 radical (unpaired) electrons. The van der Waals surface area contributed by atoms with E-state index in [-0.39, 0.29) is 23.0 Å². The Morgan fingerprint density at radius 3 is 2.41 bits per heavy atom. The van der Waals surface area contributed by atoms with Crippen molar-refractivity contribution in [2.24, 2.45) is 4.99 Å². The van der Waals surface area contributed by atoms with E-state index >= 15 is 0 Å². The summed E-state index contributed by atoms with van der Waals surface area (Å²) < 4.78 is 37.8. The Bertz CT molecular complexity index is 1020. The van der Waals surface area contributed by atoms with Gasteiger partial charge in [-0.2, -0.15) is 23.4 Å². The molecule has 0 aliphatic rings. The minimum Gasteiger partial charge on any atom is -0.368 e. The first-order valence-electron chi connectivity index (χ1n) is 7.59. The van der Waals surface area contributed by atoms with Crippen LogP contribution in [0, 0.1) is 11.3 Å². The van der Waals surface area contributed by atoms with E-state index in [1.54, 1.807) is 24.4 Å². The molecule has 0 saturated carbocycles. The second-order valence-electron chi connectivity index (χ2n) is 5.33. The number of halogens is 3. The standard InChI is InChI=1S/C18H11F3N6/c19-18(20,21)12-6-4-11(5-7-12)10-25-16-13(9-22)15(26-17(23)27-16)14-3-1-2-8-24-14/h1-8,10H,(H2,23,26,27). The van der Waals surface area contributed by atoms with Crippen molar-refractivity contribution in [3.05, 3.63) is 65.4 Å². The molecule has 27 heavy (non-hydrogen) atoms. The van der Waals surface area contributed by atoms with Gasteiger partial charge in [0.25, 0.3) is 0 Å². The van der Waals surface area contributed by atoms with Crippen molar-refractivity contribution in [3.8, 4) is 17.5 Å². The highest BCUT2D eigenvalue weighted by molar-refractivity contribution is 5.83. The summed E-state index contributed by atoms with van der Waals surface area (Å²) in [6.07, 6.45) is -1.58. The lowest BCUT2D eigenvalue weighted by molar-refractivity contribution is -0.137. The van der Waals surface area contributed by atoms with Gasteiger partial charge in [-0.15, -0.1) is 0 Å². The van der Waals surface area contributed by atoms with Crippen molar-refractivity contribution in [1.82, 2.24) is 15.0 Å². The van der Waals surface area contributed by atoms with Crippen molar-refractivity contribution in [1.29, 1.82) is 5.26 Å². The highest BCUT2D eigenvalue weighted by atomic mass is 19.4. The third-order valence-electron chi connectivity index (χ3n) is 3.50. The number of hydrogen-bond donors (Lipinski definition) is 1. The van der Waals surface area contributed by atoms with E-state index in [1.807, 2.05) is 6.07 Å². The Kier molecular flexibility index (Phi) is 4.81. The van der Waals surface area contributed by atoms with Gasteiger partial charge in [-0.25, -0.2) is 9.98 Å². The van der Waals surface area contributed by atoms with Gasteiger partial charge in [0.05, 0.1) is 11.3 Å². The molecule has 3 aromatic rings. The number of alkyl halides is 3. The van der Waals surface area contributed by atoms with Gasteiger partial charge in [0.1, 0.15) is 17.3 Å². The molecule has 134 valence electrons. The number of hydrogen-bond acceptors (Lipinski definition) is 6. The number of benzene rings is 1. The molecule has 0 atom stereocenters. The molecule has 3 rings (SSSR count). The third-order valence-corrected chi connectivity index (χ3v) is 3.50. The van der Waals surface area contributed by atoms with Crippen molar-refractivity contribution >= 4 is 18.0 Å². The summed E-state index contributed by atoms with van der Waals surface area (Å²) in [7, 11) is 0. The zero-order valence-electron chi connectivity index (χ0n) is 13.6. The van der Waals surface area contributed by atoms with Gasteiger partial charge in [0, 0.05) is 12.4 Å². The van der Waals surface area contributed by atoms with Gasteiger partial charge in [-0.3, -0.25) is 4.98 Å². The Labute approximate surface area is 151 Å². The SMILES string of the molecule is N#Cc1c(N=Cc2ccc(C(F)(F)F)cc2)nc(N)nc1-c1ccccn1. The molecular formula is C18H11F3N6. The lowest BCUT2D eigenvalue weighted by Gasteiger charge is -2.07. The number of aromatic nitrogens is 3. The van der Waals surface area contributed by atoms with Crippen LogP contribution in [0.15, 0.2) is 53.7 Å². The maximum absolute atomic E-state index is 12.6. The molecule has 2 aromatic heterocycles. The maximum atomic E-state index is 12.6. The summed E-state index contributed by atoms with van der Waals surface area (Å²) in [5.41, 5.74) is 6.06. The summed E-state index contributed by atoms with van der Waals surface area (Å²) >= 11 is 0. The summed E-state index contributed by atoms with van der Waals surface area (Å²) in [5.74, 6) is -0.0974. The number of nitriles is 1. The lowest BCUT2D eigenvalue weighted by Crippen LogP contribution is -2.04. The summed E-state index contributed by atoms with van der Waals surface area (Å²) in [5, 5.41) is 9.48. The van der Waals surface area contributed by atoms with E-state index < -0.39 is 11.7 Å². The van der Waals surface area contributed by atoms with Crippen molar-refractivity contribution in [2.45, 2.75) is 6.18 Å². The molecule has 9 heteroatoms. The second-order valence-corrected chi connectivity index (χ2v) is 5.33. The molecule has 0 saturated heterocycles. The molecule has 2 heterocycles. The highest BCUT2D eigenvalue weighted by Gasteiger charge is 2.29. The van der Waals surface area contributed by atoms with E-state index in [4.69, 9.17) is 5.73 Å². The predicted molar refractivity (Wildman–Crippen MR) is 93.1 cm³/mol. The van der Waals surface area contributed by atoms with Gasteiger partial charge < -0.3 is 5.73 Å². The van der Waals surface area contributed by atoms with Crippen LogP contribution in [0.5, 0.6) is 0 Å². The van der Waals surface area contributed by atoms with Gasteiger partial charge in [0.15, 0.2) is 5.82 Å². The monoisotopic (exact) mass is 368 g/mol. The molecule has 0 aliphatic heterocycles. The van der Waals surface area contributed by atoms with E-state index in [9.17, 15) is 18.4 Å². The Morgan fingerprint density at radius 1 is 1.07 bits per heavy atom. The summed E-state index contributed by atoms with van der Waals surface area (Å²) in [6, 6.07) is 11.5. The predicted octanol–water partition coefficient (Wildman–Crippen LogP) is 3.76. The molecular weight excluding hydrogens is 357 g/mol. The van der Waals surface area contributed by atoms with E-state index in [0.717, 1.165) is 12.1 Å². The van der Waals surface area contributed by atoms with Crippen LogP contribution >= 0.6 is 0 Å². The first-order valence-corrected chi connectivity index (χ1v) is 7.59. The molecule has 0 amide bonds. The first kappa shape index (κ1) is 18.0. The number of nitrogens with zero attached hydrogens (tertiary/aromatic N) is 5. The van der Waals surface area contributed by atoms with Gasteiger partial charge in [-0.1, -0.05) is 18.2 Å². The van der Waals surface area contributed by atoms with Gasteiger partial charge in [0.2, 0.25) is 5.95 Å². The number of pyridine rings is 1. The number of anilines is 1. The average Bonchev–Trinajstić information content (AvgIpc) is 2.66. The minimum atomic E-state index is -4.41. The molecule has 0 bridgehead atoms. The van der Waals surface area contributed by atoms with Crippen LogP contribution < -0.4 is 5.73 Å².